The van der Waals surface area contributed by atoms with Crippen molar-refractivity contribution in [1.82, 2.24) is 9.97 Å². The van der Waals surface area contributed by atoms with Gasteiger partial charge in [0, 0.05) is 18.3 Å². The monoisotopic (exact) mass is 227 g/mol. The molecule has 1 rings (SSSR count). The number of nitrogens with zero attached hydrogens (tertiary/aromatic N) is 2. The van der Waals surface area contributed by atoms with Gasteiger partial charge in [0.05, 0.1) is 5.38 Å². The van der Waals surface area contributed by atoms with Crippen LogP contribution >= 0.6 is 11.6 Å². The van der Waals surface area contributed by atoms with Gasteiger partial charge in [-0.3, -0.25) is 0 Å². The predicted molar refractivity (Wildman–Crippen MR) is 64.4 cm³/mol. The minimum Gasteiger partial charge on any atom is -0.368 e. The van der Waals surface area contributed by atoms with Gasteiger partial charge in [0.15, 0.2) is 0 Å². The van der Waals surface area contributed by atoms with E-state index in [1.54, 1.807) is 6.33 Å². The smallest absolute Gasteiger partial charge is 0.129 e. The topological polar surface area (TPSA) is 37.8 Å². The predicted octanol–water partition coefficient (Wildman–Crippen LogP) is 2.71. The third-order valence-corrected chi connectivity index (χ3v) is 2.95. The fraction of sp³-hybridized carbons (Fsp3) is 0.636. The van der Waals surface area contributed by atoms with E-state index in [2.05, 4.69) is 36.1 Å². The summed E-state index contributed by atoms with van der Waals surface area (Å²) < 4.78 is 0. The summed E-state index contributed by atoms with van der Waals surface area (Å²) in [5, 5.41) is 3.35. The average molecular weight is 228 g/mol. The number of hydrogen-bond acceptors (Lipinski definition) is 3. The molecular weight excluding hydrogens is 210 g/mol. The molecule has 1 aromatic rings. The number of aryl methyl sites for hydroxylation is 1. The number of nitrogens with one attached hydrogen (secondary N) is 1. The van der Waals surface area contributed by atoms with E-state index >= 15 is 0 Å². The van der Waals surface area contributed by atoms with Crippen LogP contribution in [0.3, 0.4) is 0 Å². The van der Waals surface area contributed by atoms with Crippen LogP contribution in [0, 0.1) is 5.92 Å². The third kappa shape index (κ3) is 4.04. The van der Waals surface area contributed by atoms with E-state index in [1.807, 2.05) is 6.07 Å². The number of aromatic nitrogens is 2. The lowest BCUT2D eigenvalue weighted by molar-refractivity contribution is 0.615. The molecule has 1 heterocycles. The normalized spacial score (nSPS) is 12.9. The van der Waals surface area contributed by atoms with Crippen molar-refractivity contribution in [1.29, 1.82) is 0 Å². The number of rotatable bonds is 5. The second kappa shape index (κ2) is 5.91. The molecule has 1 aromatic heterocycles. The Hall–Kier alpha value is -0.830. The molecule has 1 atom stereocenters. The zero-order valence-electron chi connectivity index (χ0n) is 9.50. The quantitative estimate of drug-likeness (QED) is 0.786. The third-order valence-electron chi connectivity index (χ3n) is 2.29. The van der Waals surface area contributed by atoms with Crippen molar-refractivity contribution in [3.63, 3.8) is 0 Å². The van der Waals surface area contributed by atoms with Gasteiger partial charge in [0.1, 0.15) is 12.1 Å². The fourth-order valence-corrected chi connectivity index (χ4v) is 1.20. The number of alkyl halides is 1. The molecule has 15 heavy (non-hydrogen) atoms. The maximum atomic E-state index is 6.13. The molecule has 0 saturated carbocycles. The highest BCUT2D eigenvalue weighted by atomic mass is 35.5. The molecule has 0 spiro atoms. The van der Waals surface area contributed by atoms with Crippen molar-refractivity contribution in [2.45, 2.75) is 32.6 Å². The highest BCUT2D eigenvalue weighted by Crippen LogP contribution is 2.11. The zero-order valence-corrected chi connectivity index (χ0v) is 10.3. The summed E-state index contributed by atoms with van der Waals surface area (Å²) in [6.45, 7) is 7.03. The lowest BCUT2D eigenvalue weighted by Crippen LogP contribution is -2.20. The van der Waals surface area contributed by atoms with Gasteiger partial charge in [-0.2, -0.15) is 0 Å². The highest BCUT2D eigenvalue weighted by Gasteiger charge is 2.09. The van der Waals surface area contributed by atoms with E-state index < -0.39 is 0 Å². The lowest BCUT2D eigenvalue weighted by Gasteiger charge is -2.14. The van der Waals surface area contributed by atoms with Crippen LogP contribution in [0.1, 0.15) is 26.5 Å². The second-order valence-electron chi connectivity index (χ2n) is 3.89. The van der Waals surface area contributed by atoms with Gasteiger partial charge < -0.3 is 5.32 Å². The number of anilines is 1. The van der Waals surface area contributed by atoms with E-state index in [1.165, 1.54) is 0 Å². The summed E-state index contributed by atoms with van der Waals surface area (Å²) in [7, 11) is 0. The molecule has 0 saturated heterocycles. The Morgan fingerprint density at radius 2 is 2.13 bits per heavy atom. The fourth-order valence-electron chi connectivity index (χ4n) is 1.13. The van der Waals surface area contributed by atoms with Crippen LogP contribution in [0.4, 0.5) is 5.82 Å². The van der Waals surface area contributed by atoms with E-state index in [4.69, 9.17) is 11.6 Å². The zero-order chi connectivity index (χ0) is 11.3. The van der Waals surface area contributed by atoms with Gasteiger partial charge in [-0.15, -0.1) is 11.6 Å². The maximum absolute atomic E-state index is 6.13. The van der Waals surface area contributed by atoms with E-state index in [9.17, 15) is 0 Å². The van der Waals surface area contributed by atoms with Crippen LogP contribution in [0.15, 0.2) is 12.4 Å². The second-order valence-corrected chi connectivity index (χ2v) is 4.45. The minimum absolute atomic E-state index is 0.130. The van der Waals surface area contributed by atoms with Gasteiger partial charge in [-0.1, -0.05) is 20.8 Å². The standard InChI is InChI=1S/C11H18ClN3/c1-4-9-5-11(15-7-14-9)13-6-10(12)8(2)3/h5,7-8,10H,4,6H2,1-3H3,(H,13,14,15). The molecule has 0 aliphatic rings. The largest absolute Gasteiger partial charge is 0.368 e. The molecule has 0 radical (unpaired) electrons. The van der Waals surface area contributed by atoms with E-state index in [-0.39, 0.29) is 5.38 Å². The van der Waals surface area contributed by atoms with Crippen LogP contribution < -0.4 is 5.32 Å². The molecule has 1 unspecified atom stereocenters. The Morgan fingerprint density at radius 1 is 1.40 bits per heavy atom. The number of hydrogen-bond donors (Lipinski definition) is 1. The summed E-state index contributed by atoms with van der Waals surface area (Å²) >= 11 is 6.13. The minimum atomic E-state index is 0.130. The van der Waals surface area contributed by atoms with Crippen molar-refractivity contribution >= 4 is 17.4 Å². The van der Waals surface area contributed by atoms with Crippen molar-refractivity contribution in [3.8, 4) is 0 Å². The van der Waals surface area contributed by atoms with E-state index in [0.29, 0.717) is 5.92 Å². The maximum Gasteiger partial charge on any atom is 0.129 e. The Kier molecular flexibility index (Phi) is 4.82. The summed E-state index contributed by atoms with van der Waals surface area (Å²) in [5.74, 6) is 1.32. The van der Waals surface area contributed by atoms with Crippen LogP contribution in [0.2, 0.25) is 0 Å². The molecular formula is C11H18ClN3. The Morgan fingerprint density at radius 3 is 2.73 bits per heavy atom. The molecule has 3 nitrogen and oxygen atoms in total. The van der Waals surface area contributed by atoms with Crippen molar-refractivity contribution < 1.29 is 0 Å². The molecule has 1 N–H and O–H groups in total. The van der Waals surface area contributed by atoms with Crippen LogP contribution in [-0.2, 0) is 6.42 Å². The Labute approximate surface area is 96.3 Å². The molecule has 0 aliphatic carbocycles. The average Bonchev–Trinajstić information content (AvgIpc) is 2.26. The Balaban J connectivity index is 2.50. The van der Waals surface area contributed by atoms with Gasteiger partial charge in [0.2, 0.25) is 0 Å². The SMILES string of the molecule is CCc1cc(NCC(Cl)C(C)C)ncn1. The molecule has 0 aromatic carbocycles. The summed E-state index contributed by atoms with van der Waals surface area (Å²) in [5.41, 5.74) is 1.04. The molecule has 4 heteroatoms. The number of halogens is 1. The highest BCUT2D eigenvalue weighted by molar-refractivity contribution is 6.21. The van der Waals surface area contributed by atoms with Gasteiger partial charge in [-0.25, -0.2) is 9.97 Å². The summed E-state index contributed by atoms with van der Waals surface area (Å²) in [4.78, 5) is 8.27. The summed E-state index contributed by atoms with van der Waals surface area (Å²) in [6.07, 6.45) is 2.51. The van der Waals surface area contributed by atoms with Crippen molar-refractivity contribution in [2.75, 3.05) is 11.9 Å². The molecule has 0 bridgehead atoms. The Bertz CT molecular complexity index is 302. The first kappa shape index (κ1) is 12.2. The molecule has 0 fully saturated rings. The van der Waals surface area contributed by atoms with Crippen molar-refractivity contribution in [3.05, 3.63) is 18.1 Å². The van der Waals surface area contributed by atoms with Crippen LogP contribution in [0.25, 0.3) is 0 Å². The first-order valence-corrected chi connectivity index (χ1v) is 5.76. The van der Waals surface area contributed by atoms with Gasteiger partial charge in [0.25, 0.3) is 0 Å². The first-order valence-electron chi connectivity index (χ1n) is 5.32. The molecule has 0 aliphatic heterocycles. The van der Waals surface area contributed by atoms with Gasteiger partial charge >= 0.3 is 0 Å². The van der Waals surface area contributed by atoms with Crippen LogP contribution in [-0.4, -0.2) is 21.9 Å². The molecule has 0 amide bonds. The van der Waals surface area contributed by atoms with E-state index in [0.717, 1.165) is 24.5 Å². The van der Waals surface area contributed by atoms with Crippen molar-refractivity contribution in [2.24, 2.45) is 5.92 Å². The summed E-state index contributed by atoms with van der Waals surface area (Å²) in [6, 6.07) is 1.96. The van der Waals surface area contributed by atoms with Gasteiger partial charge in [-0.05, 0) is 12.3 Å². The van der Waals surface area contributed by atoms with Crippen LogP contribution in [0.5, 0.6) is 0 Å². The molecule has 84 valence electrons. The lowest BCUT2D eigenvalue weighted by atomic mass is 10.1. The first-order chi connectivity index (χ1) is 7.13.